The molecule has 0 unspecified atom stereocenters. The van der Waals surface area contributed by atoms with Crippen LogP contribution in [0.1, 0.15) is 24.8 Å². The molecule has 0 aliphatic carbocycles. The van der Waals surface area contributed by atoms with E-state index in [0.717, 1.165) is 31.9 Å². The number of piperidine rings is 1. The number of nitrogens with zero attached hydrogens (tertiary/aromatic N) is 3. The van der Waals surface area contributed by atoms with E-state index in [1.165, 1.54) is 24.8 Å². The molecule has 2 aliphatic heterocycles. The summed E-state index contributed by atoms with van der Waals surface area (Å²) in [5.74, 6) is 0. The van der Waals surface area contributed by atoms with E-state index in [1.54, 1.807) is 0 Å². The summed E-state index contributed by atoms with van der Waals surface area (Å²) in [6.45, 7) is 4.22. The fourth-order valence-corrected chi connectivity index (χ4v) is 3.33. The molecule has 0 atom stereocenters. The van der Waals surface area contributed by atoms with Gasteiger partial charge in [-0.15, -0.1) is 0 Å². The Labute approximate surface area is 125 Å². The largest absolute Gasteiger partial charge is 0.375 e. The second-order valence-corrected chi connectivity index (χ2v) is 6.19. The average molecular weight is 283 g/mol. The Kier molecular flexibility index (Phi) is 3.28. The van der Waals surface area contributed by atoms with Crippen LogP contribution in [0.4, 0.5) is 0 Å². The summed E-state index contributed by atoms with van der Waals surface area (Å²) >= 11 is 0. The monoisotopic (exact) mass is 283 g/mol. The van der Waals surface area contributed by atoms with E-state index >= 15 is 0 Å². The summed E-state index contributed by atoms with van der Waals surface area (Å²) < 4.78 is 7.73. The number of para-hydroxylation sites is 1. The van der Waals surface area contributed by atoms with Gasteiger partial charge in [-0.25, -0.2) is 4.68 Å². The van der Waals surface area contributed by atoms with Crippen LogP contribution in [0.25, 0.3) is 5.69 Å². The van der Waals surface area contributed by atoms with Gasteiger partial charge in [0.15, 0.2) is 0 Å². The zero-order valence-corrected chi connectivity index (χ0v) is 12.2. The summed E-state index contributed by atoms with van der Waals surface area (Å²) in [6, 6.07) is 10.3. The first-order valence-corrected chi connectivity index (χ1v) is 7.78. The Balaban J connectivity index is 1.38. The molecule has 2 saturated heterocycles. The fraction of sp³-hybridized carbons (Fsp3) is 0.471. The lowest BCUT2D eigenvalue weighted by Gasteiger charge is -2.47. The van der Waals surface area contributed by atoms with Gasteiger partial charge in [-0.3, -0.25) is 4.90 Å². The summed E-state index contributed by atoms with van der Waals surface area (Å²) in [5.41, 5.74) is 2.64. The highest BCUT2D eigenvalue weighted by molar-refractivity contribution is 5.30. The third-order valence-corrected chi connectivity index (χ3v) is 4.80. The molecule has 0 bridgehead atoms. The van der Waals surface area contributed by atoms with Crippen LogP contribution in [0.5, 0.6) is 0 Å². The highest BCUT2D eigenvalue weighted by atomic mass is 16.5. The van der Waals surface area contributed by atoms with Crippen LogP contribution >= 0.6 is 0 Å². The maximum absolute atomic E-state index is 5.78. The lowest BCUT2D eigenvalue weighted by molar-refractivity contribution is -0.173. The van der Waals surface area contributed by atoms with E-state index in [4.69, 9.17) is 4.74 Å². The molecule has 0 N–H and O–H groups in total. The van der Waals surface area contributed by atoms with Gasteiger partial charge in [-0.2, -0.15) is 5.10 Å². The quantitative estimate of drug-likeness (QED) is 0.867. The molecule has 1 aromatic heterocycles. The molecule has 0 radical (unpaired) electrons. The number of ether oxygens (including phenoxy) is 1. The van der Waals surface area contributed by atoms with Gasteiger partial charge in [0.25, 0.3) is 0 Å². The van der Waals surface area contributed by atoms with Crippen LogP contribution in [0.3, 0.4) is 0 Å². The summed E-state index contributed by atoms with van der Waals surface area (Å²) in [6.07, 6.45) is 7.74. The van der Waals surface area contributed by atoms with Crippen LogP contribution in [-0.4, -0.2) is 40.0 Å². The molecule has 21 heavy (non-hydrogen) atoms. The van der Waals surface area contributed by atoms with Crippen molar-refractivity contribution in [3.05, 3.63) is 48.3 Å². The van der Waals surface area contributed by atoms with Crippen LogP contribution in [0.15, 0.2) is 42.7 Å². The zero-order chi connectivity index (χ0) is 14.1. The molecule has 4 nitrogen and oxygen atoms in total. The number of hydrogen-bond acceptors (Lipinski definition) is 3. The molecule has 0 amide bonds. The highest BCUT2D eigenvalue weighted by Crippen LogP contribution is 2.36. The van der Waals surface area contributed by atoms with Crippen molar-refractivity contribution in [3.63, 3.8) is 0 Å². The van der Waals surface area contributed by atoms with Crippen molar-refractivity contribution < 1.29 is 4.74 Å². The molecule has 1 aromatic carbocycles. The molecule has 1 spiro atoms. The Morgan fingerprint density at radius 3 is 2.52 bits per heavy atom. The van der Waals surface area contributed by atoms with E-state index < -0.39 is 0 Å². The van der Waals surface area contributed by atoms with Gasteiger partial charge < -0.3 is 4.74 Å². The van der Waals surface area contributed by atoms with Crippen molar-refractivity contribution in [1.29, 1.82) is 0 Å². The van der Waals surface area contributed by atoms with Crippen LogP contribution in [0.2, 0.25) is 0 Å². The smallest absolute Gasteiger partial charge is 0.0728 e. The second kappa shape index (κ2) is 5.28. The van der Waals surface area contributed by atoms with Gasteiger partial charge in [0.1, 0.15) is 0 Å². The summed E-state index contributed by atoms with van der Waals surface area (Å²) in [7, 11) is 0. The van der Waals surface area contributed by atoms with Crippen molar-refractivity contribution in [1.82, 2.24) is 14.7 Å². The Hall–Kier alpha value is -1.65. The molecule has 4 heteroatoms. The number of rotatable bonds is 3. The van der Waals surface area contributed by atoms with Crippen molar-refractivity contribution in [2.24, 2.45) is 0 Å². The molecule has 2 fully saturated rings. The molecule has 2 aromatic rings. The highest BCUT2D eigenvalue weighted by Gasteiger charge is 2.40. The average Bonchev–Trinajstić information content (AvgIpc) is 2.96. The van der Waals surface area contributed by atoms with Gasteiger partial charge in [-0.1, -0.05) is 18.2 Å². The first-order chi connectivity index (χ1) is 10.3. The molecule has 110 valence electrons. The van der Waals surface area contributed by atoms with Gasteiger partial charge in [-0.05, 0) is 31.4 Å². The molecule has 0 saturated carbocycles. The minimum atomic E-state index is 0.241. The third-order valence-electron chi connectivity index (χ3n) is 4.80. The van der Waals surface area contributed by atoms with Crippen LogP contribution in [0, 0.1) is 0 Å². The number of aromatic nitrogens is 2. The molecule has 4 rings (SSSR count). The number of likely N-dealkylation sites (tertiary alicyclic amines) is 1. The summed E-state index contributed by atoms with van der Waals surface area (Å²) in [4.78, 5) is 2.51. The Morgan fingerprint density at radius 1 is 1.10 bits per heavy atom. The minimum absolute atomic E-state index is 0.241. The van der Waals surface area contributed by atoms with Gasteiger partial charge in [0.2, 0.25) is 0 Å². The molecular weight excluding hydrogens is 262 g/mol. The van der Waals surface area contributed by atoms with Crippen molar-refractivity contribution >= 4 is 0 Å². The van der Waals surface area contributed by atoms with Gasteiger partial charge in [0.05, 0.1) is 24.1 Å². The first kappa shape index (κ1) is 13.0. The number of hydrogen-bond donors (Lipinski definition) is 0. The van der Waals surface area contributed by atoms with Crippen molar-refractivity contribution in [3.8, 4) is 5.69 Å². The minimum Gasteiger partial charge on any atom is -0.375 e. The standard InChI is InChI=1S/C17H21N3O/c1-2-4-16(5-3-1)20-14-15(12-18-20)13-19-9-6-17(7-10-19)8-11-21-17/h1-5,12,14H,6-11,13H2. The van der Waals surface area contributed by atoms with Crippen LogP contribution < -0.4 is 0 Å². The first-order valence-electron chi connectivity index (χ1n) is 7.78. The van der Waals surface area contributed by atoms with Crippen molar-refractivity contribution in [2.75, 3.05) is 19.7 Å². The Morgan fingerprint density at radius 2 is 1.86 bits per heavy atom. The topological polar surface area (TPSA) is 30.3 Å². The predicted octanol–water partition coefficient (Wildman–Crippen LogP) is 2.63. The van der Waals surface area contributed by atoms with E-state index in [2.05, 4.69) is 28.3 Å². The van der Waals surface area contributed by atoms with Crippen molar-refractivity contribution in [2.45, 2.75) is 31.4 Å². The third kappa shape index (κ3) is 2.61. The summed E-state index contributed by atoms with van der Waals surface area (Å²) in [5, 5.41) is 4.47. The Bertz CT molecular complexity index is 594. The van der Waals surface area contributed by atoms with E-state index in [0.29, 0.717) is 0 Å². The molecule has 2 aliphatic rings. The predicted molar refractivity (Wildman–Crippen MR) is 81.4 cm³/mol. The number of benzene rings is 1. The lowest BCUT2D eigenvalue weighted by atomic mass is 9.84. The zero-order valence-electron chi connectivity index (χ0n) is 12.2. The maximum Gasteiger partial charge on any atom is 0.0728 e. The molecule has 3 heterocycles. The SMILES string of the molecule is c1ccc(-n2cc(CN3CCC4(CCO4)CC3)cn2)cc1. The normalized spacial score (nSPS) is 21.3. The second-order valence-electron chi connectivity index (χ2n) is 6.19. The fourth-order valence-electron chi connectivity index (χ4n) is 3.33. The van der Waals surface area contributed by atoms with E-state index in [-0.39, 0.29) is 5.60 Å². The van der Waals surface area contributed by atoms with Gasteiger partial charge >= 0.3 is 0 Å². The maximum atomic E-state index is 5.78. The van der Waals surface area contributed by atoms with Gasteiger partial charge in [0, 0.05) is 31.4 Å². The van der Waals surface area contributed by atoms with E-state index in [9.17, 15) is 0 Å². The lowest BCUT2D eigenvalue weighted by Crippen LogP contribution is -2.52. The molecular formula is C17H21N3O. The van der Waals surface area contributed by atoms with Crippen LogP contribution in [-0.2, 0) is 11.3 Å². The van der Waals surface area contributed by atoms with E-state index in [1.807, 2.05) is 29.1 Å².